The van der Waals surface area contributed by atoms with Crippen LogP contribution in [0.3, 0.4) is 0 Å². The first-order chi connectivity index (χ1) is 7.65. The van der Waals surface area contributed by atoms with Crippen molar-refractivity contribution in [2.45, 2.75) is 30.5 Å². The summed E-state index contributed by atoms with van der Waals surface area (Å²) >= 11 is 7.44. The lowest BCUT2D eigenvalue weighted by Gasteiger charge is -2.05. The van der Waals surface area contributed by atoms with Gasteiger partial charge in [0.25, 0.3) is 0 Å². The number of hydrogen-bond acceptors (Lipinski definition) is 3. The summed E-state index contributed by atoms with van der Waals surface area (Å²) in [6.45, 7) is 1.93. The summed E-state index contributed by atoms with van der Waals surface area (Å²) in [6, 6.07) is 7.71. The zero-order chi connectivity index (χ0) is 11.5. The molecule has 86 valence electrons. The topological polar surface area (TPSA) is 26.3 Å². The van der Waals surface area contributed by atoms with Gasteiger partial charge < -0.3 is 4.74 Å². The van der Waals surface area contributed by atoms with E-state index in [1.54, 1.807) is 11.8 Å². The molecule has 0 spiro atoms. The number of ether oxygens (including phenoxy) is 1. The van der Waals surface area contributed by atoms with E-state index in [-0.39, 0.29) is 17.3 Å². The predicted molar refractivity (Wildman–Crippen MR) is 66.7 cm³/mol. The third kappa shape index (κ3) is 2.92. The van der Waals surface area contributed by atoms with E-state index < -0.39 is 0 Å². The Balaban J connectivity index is 1.88. The number of halogens is 1. The van der Waals surface area contributed by atoms with E-state index >= 15 is 0 Å². The molecule has 1 heterocycles. The molecule has 1 fully saturated rings. The minimum absolute atomic E-state index is 0.00863. The van der Waals surface area contributed by atoms with E-state index in [0.717, 1.165) is 17.2 Å². The third-order valence-corrected chi connectivity index (χ3v) is 4.03. The van der Waals surface area contributed by atoms with Gasteiger partial charge in [-0.2, -0.15) is 0 Å². The fourth-order valence-corrected chi connectivity index (χ4v) is 2.94. The highest BCUT2D eigenvalue weighted by atomic mass is 35.5. The number of benzene rings is 1. The SMILES string of the molecule is C[C@@H]1C[C@H](SCc2ccc(Cl)cc2)C(=O)O1. The molecule has 0 amide bonds. The molecular formula is C12H13ClO2S. The molecule has 0 bridgehead atoms. The number of carbonyl (C=O) groups excluding carboxylic acids is 1. The Kier molecular flexibility index (Phi) is 3.77. The number of thioether (sulfide) groups is 1. The van der Waals surface area contributed by atoms with Gasteiger partial charge in [0.05, 0.1) is 0 Å². The molecule has 1 aromatic rings. The van der Waals surface area contributed by atoms with Crippen LogP contribution in [0.25, 0.3) is 0 Å². The summed E-state index contributed by atoms with van der Waals surface area (Å²) in [5.74, 6) is 0.746. The van der Waals surface area contributed by atoms with Crippen LogP contribution < -0.4 is 0 Å². The lowest BCUT2D eigenvalue weighted by Crippen LogP contribution is -2.09. The Morgan fingerprint density at radius 2 is 2.12 bits per heavy atom. The molecule has 2 atom stereocenters. The fraction of sp³-hybridized carbons (Fsp3) is 0.417. The summed E-state index contributed by atoms with van der Waals surface area (Å²) in [4.78, 5) is 11.4. The maximum Gasteiger partial charge on any atom is 0.319 e. The third-order valence-electron chi connectivity index (χ3n) is 2.49. The lowest BCUT2D eigenvalue weighted by atomic mass is 10.2. The molecule has 0 saturated carbocycles. The number of rotatable bonds is 3. The van der Waals surface area contributed by atoms with E-state index in [1.165, 1.54) is 5.56 Å². The van der Waals surface area contributed by atoms with Gasteiger partial charge in [-0.15, -0.1) is 11.8 Å². The Bertz CT molecular complexity index is 377. The summed E-state index contributed by atoms with van der Waals surface area (Å²) < 4.78 is 5.10. The number of carbonyl (C=O) groups is 1. The minimum Gasteiger partial charge on any atom is -0.462 e. The molecule has 1 aliphatic heterocycles. The van der Waals surface area contributed by atoms with Crippen molar-refractivity contribution in [2.75, 3.05) is 0 Å². The van der Waals surface area contributed by atoms with Crippen LogP contribution in [0.2, 0.25) is 5.02 Å². The lowest BCUT2D eigenvalue weighted by molar-refractivity contribution is -0.140. The molecule has 0 aromatic heterocycles. The highest BCUT2D eigenvalue weighted by Gasteiger charge is 2.31. The molecule has 1 saturated heterocycles. The zero-order valence-corrected chi connectivity index (χ0v) is 10.6. The molecule has 0 radical (unpaired) electrons. The van der Waals surface area contributed by atoms with Crippen molar-refractivity contribution in [1.82, 2.24) is 0 Å². The second kappa shape index (κ2) is 5.11. The second-order valence-corrected chi connectivity index (χ2v) is 5.54. The Morgan fingerprint density at radius 3 is 2.69 bits per heavy atom. The standard InChI is InChI=1S/C12H13ClO2S/c1-8-6-11(12(14)15-8)16-7-9-2-4-10(13)5-3-9/h2-5,8,11H,6-7H2,1H3/t8-,11+/m1/s1. The Hall–Kier alpha value is -0.670. The highest BCUT2D eigenvalue weighted by molar-refractivity contribution is 7.99. The van der Waals surface area contributed by atoms with Gasteiger partial charge in [-0.05, 0) is 24.6 Å². The number of hydrogen-bond donors (Lipinski definition) is 0. The average molecular weight is 257 g/mol. The van der Waals surface area contributed by atoms with Crippen molar-refractivity contribution in [3.05, 3.63) is 34.9 Å². The van der Waals surface area contributed by atoms with Crippen molar-refractivity contribution in [3.8, 4) is 0 Å². The molecular weight excluding hydrogens is 244 g/mol. The average Bonchev–Trinajstić information content (AvgIpc) is 2.57. The second-order valence-electron chi connectivity index (χ2n) is 3.91. The Labute approximate surface area is 104 Å². The van der Waals surface area contributed by atoms with E-state index in [1.807, 2.05) is 31.2 Å². The van der Waals surface area contributed by atoms with Gasteiger partial charge >= 0.3 is 5.97 Å². The van der Waals surface area contributed by atoms with Crippen molar-refractivity contribution in [1.29, 1.82) is 0 Å². The molecule has 16 heavy (non-hydrogen) atoms. The van der Waals surface area contributed by atoms with Crippen LogP contribution in [0.4, 0.5) is 0 Å². The van der Waals surface area contributed by atoms with Crippen molar-refractivity contribution < 1.29 is 9.53 Å². The van der Waals surface area contributed by atoms with Gasteiger partial charge in [0, 0.05) is 17.2 Å². The largest absolute Gasteiger partial charge is 0.462 e. The Morgan fingerprint density at radius 1 is 1.44 bits per heavy atom. The quantitative estimate of drug-likeness (QED) is 0.777. The van der Waals surface area contributed by atoms with Crippen molar-refractivity contribution >= 4 is 29.3 Å². The van der Waals surface area contributed by atoms with E-state index in [9.17, 15) is 4.79 Å². The number of cyclic esters (lactones) is 1. The van der Waals surface area contributed by atoms with Crippen LogP contribution in [0.1, 0.15) is 18.9 Å². The van der Waals surface area contributed by atoms with Crippen molar-refractivity contribution in [2.24, 2.45) is 0 Å². The summed E-state index contributed by atoms with van der Waals surface area (Å²) in [6.07, 6.45) is 0.882. The fourth-order valence-electron chi connectivity index (χ4n) is 1.63. The van der Waals surface area contributed by atoms with Crippen LogP contribution in [-0.4, -0.2) is 17.3 Å². The van der Waals surface area contributed by atoms with Gasteiger partial charge in [0.1, 0.15) is 11.4 Å². The molecule has 1 aliphatic rings. The maximum absolute atomic E-state index is 11.4. The summed E-state index contributed by atoms with van der Waals surface area (Å²) in [7, 11) is 0. The van der Waals surface area contributed by atoms with E-state index in [0.29, 0.717) is 0 Å². The first-order valence-electron chi connectivity index (χ1n) is 5.21. The molecule has 1 aromatic carbocycles. The van der Waals surface area contributed by atoms with Gasteiger partial charge in [-0.3, -0.25) is 4.79 Å². The van der Waals surface area contributed by atoms with Crippen LogP contribution in [0, 0.1) is 0 Å². The zero-order valence-electron chi connectivity index (χ0n) is 8.98. The maximum atomic E-state index is 11.4. The smallest absolute Gasteiger partial charge is 0.319 e. The predicted octanol–water partition coefficient (Wildman–Crippen LogP) is 3.28. The van der Waals surface area contributed by atoms with Gasteiger partial charge in [-0.1, -0.05) is 23.7 Å². The van der Waals surface area contributed by atoms with Gasteiger partial charge in [0.2, 0.25) is 0 Å². The van der Waals surface area contributed by atoms with Gasteiger partial charge in [0.15, 0.2) is 0 Å². The normalized spacial score (nSPS) is 24.5. The first kappa shape index (κ1) is 11.8. The van der Waals surface area contributed by atoms with E-state index in [2.05, 4.69) is 0 Å². The summed E-state index contributed by atoms with van der Waals surface area (Å²) in [5, 5.41) is 0.730. The summed E-state index contributed by atoms with van der Waals surface area (Å²) in [5.41, 5.74) is 1.18. The van der Waals surface area contributed by atoms with Gasteiger partial charge in [-0.25, -0.2) is 0 Å². The van der Waals surface area contributed by atoms with Crippen LogP contribution >= 0.6 is 23.4 Å². The highest BCUT2D eigenvalue weighted by Crippen LogP contribution is 2.28. The molecule has 4 heteroatoms. The van der Waals surface area contributed by atoms with Crippen LogP contribution in [0.15, 0.2) is 24.3 Å². The van der Waals surface area contributed by atoms with Crippen LogP contribution in [-0.2, 0) is 15.3 Å². The number of esters is 1. The minimum atomic E-state index is -0.0773. The van der Waals surface area contributed by atoms with Crippen LogP contribution in [0.5, 0.6) is 0 Å². The molecule has 0 N–H and O–H groups in total. The molecule has 0 aliphatic carbocycles. The first-order valence-corrected chi connectivity index (χ1v) is 6.64. The van der Waals surface area contributed by atoms with E-state index in [4.69, 9.17) is 16.3 Å². The van der Waals surface area contributed by atoms with Crippen molar-refractivity contribution in [3.63, 3.8) is 0 Å². The monoisotopic (exact) mass is 256 g/mol. The molecule has 2 nitrogen and oxygen atoms in total. The molecule has 0 unspecified atom stereocenters. The molecule has 2 rings (SSSR count).